The molecule has 1 aliphatic carbocycles. The van der Waals surface area contributed by atoms with Crippen LogP contribution in [0.4, 0.5) is 0 Å². The standard InChI is InChI=1S/C10H16O2/c1-6-4-12-5-9-7(2)10(11)3-8(6)9/h6,8,10-11H,3-5H2,1-2H3. The fraction of sp³-hybridized carbons (Fsp3) is 0.800. The van der Waals surface area contributed by atoms with Gasteiger partial charge in [0.25, 0.3) is 0 Å². The number of hydrogen-bond acceptors (Lipinski definition) is 2. The van der Waals surface area contributed by atoms with Gasteiger partial charge >= 0.3 is 0 Å². The van der Waals surface area contributed by atoms with Crippen LogP contribution in [0.25, 0.3) is 0 Å². The highest BCUT2D eigenvalue weighted by Crippen LogP contribution is 2.39. The van der Waals surface area contributed by atoms with Gasteiger partial charge in [0.05, 0.1) is 19.3 Å². The summed E-state index contributed by atoms with van der Waals surface area (Å²) in [7, 11) is 0. The summed E-state index contributed by atoms with van der Waals surface area (Å²) >= 11 is 0. The average Bonchev–Trinajstić information content (AvgIpc) is 2.32. The van der Waals surface area contributed by atoms with Gasteiger partial charge in [0.1, 0.15) is 0 Å². The van der Waals surface area contributed by atoms with Crippen molar-refractivity contribution in [1.29, 1.82) is 0 Å². The SMILES string of the molecule is CC1=C2COCC(C)C2CC1O. The van der Waals surface area contributed by atoms with Gasteiger partial charge in [-0.15, -0.1) is 0 Å². The minimum absolute atomic E-state index is 0.200. The molecule has 2 heteroatoms. The smallest absolute Gasteiger partial charge is 0.0756 e. The Morgan fingerprint density at radius 1 is 1.50 bits per heavy atom. The van der Waals surface area contributed by atoms with E-state index < -0.39 is 0 Å². The largest absolute Gasteiger partial charge is 0.389 e. The molecule has 0 aromatic carbocycles. The molecule has 12 heavy (non-hydrogen) atoms. The van der Waals surface area contributed by atoms with Gasteiger partial charge in [-0.05, 0) is 36.3 Å². The van der Waals surface area contributed by atoms with Crippen molar-refractivity contribution in [3.8, 4) is 0 Å². The summed E-state index contributed by atoms with van der Waals surface area (Å²) in [5.74, 6) is 1.18. The van der Waals surface area contributed by atoms with Gasteiger partial charge in [0, 0.05) is 0 Å². The molecular formula is C10H16O2. The van der Waals surface area contributed by atoms with Crippen LogP contribution in [-0.4, -0.2) is 24.4 Å². The lowest BCUT2D eigenvalue weighted by atomic mass is 9.87. The molecule has 1 aliphatic heterocycles. The second-order valence-electron chi connectivity index (χ2n) is 4.06. The summed E-state index contributed by atoms with van der Waals surface area (Å²) < 4.78 is 5.45. The van der Waals surface area contributed by atoms with E-state index in [-0.39, 0.29) is 6.10 Å². The highest BCUT2D eigenvalue weighted by Gasteiger charge is 2.35. The Hall–Kier alpha value is -0.340. The number of fused-ring (bicyclic) bond motifs is 1. The van der Waals surface area contributed by atoms with E-state index in [4.69, 9.17) is 4.74 Å². The van der Waals surface area contributed by atoms with Crippen LogP contribution in [0.15, 0.2) is 11.1 Å². The number of rotatable bonds is 0. The van der Waals surface area contributed by atoms with Crippen molar-refractivity contribution in [2.45, 2.75) is 26.4 Å². The maximum Gasteiger partial charge on any atom is 0.0756 e. The Bertz CT molecular complexity index is 220. The molecule has 1 saturated heterocycles. The van der Waals surface area contributed by atoms with E-state index in [1.54, 1.807) is 0 Å². The van der Waals surface area contributed by atoms with Crippen molar-refractivity contribution >= 4 is 0 Å². The van der Waals surface area contributed by atoms with E-state index in [0.29, 0.717) is 11.8 Å². The Morgan fingerprint density at radius 3 is 2.92 bits per heavy atom. The van der Waals surface area contributed by atoms with E-state index in [1.807, 2.05) is 6.92 Å². The zero-order valence-electron chi connectivity index (χ0n) is 7.71. The Balaban J connectivity index is 2.25. The van der Waals surface area contributed by atoms with Crippen LogP contribution < -0.4 is 0 Å². The normalized spacial score (nSPS) is 41.8. The molecule has 0 saturated carbocycles. The highest BCUT2D eigenvalue weighted by atomic mass is 16.5. The molecule has 1 fully saturated rings. The zero-order chi connectivity index (χ0) is 8.72. The predicted octanol–water partition coefficient (Wildman–Crippen LogP) is 1.35. The monoisotopic (exact) mass is 168 g/mol. The van der Waals surface area contributed by atoms with Crippen molar-refractivity contribution < 1.29 is 9.84 Å². The molecule has 2 nitrogen and oxygen atoms in total. The quantitative estimate of drug-likeness (QED) is 0.553. The van der Waals surface area contributed by atoms with E-state index >= 15 is 0 Å². The molecule has 2 aliphatic rings. The Labute approximate surface area is 73.2 Å². The molecule has 0 spiro atoms. The first kappa shape index (κ1) is 8.27. The fourth-order valence-corrected chi connectivity index (χ4v) is 2.33. The van der Waals surface area contributed by atoms with Crippen LogP contribution in [0.5, 0.6) is 0 Å². The summed E-state index contributed by atoms with van der Waals surface area (Å²) in [5, 5.41) is 9.63. The molecule has 68 valence electrons. The highest BCUT2D eigenvalue weighted by molar-refractivity contribution is 5.27. The molecule has 0 radical (unpaired) electrons. The molecule has 3 unspecified atom stereocenters. The lowest BCUT2D eigenvalue weighted by Crippen LogP contribution is -2.26. The third kappa shape index (κ3) is 1.10. The number of ether oxygens (including phenoxy) is 1. The molecule has 2 rings (SSSR count). The number of aliphatic hydroxyl groups is 1. The summed E-state index contributed by atoms with van der Waals surface area (Å²) in [6.45, 7) is 5.84. The molecule has 0 aromatic rings. The van der Waals surface area contributed by atoms with Crippen LogP contribution in [0.3, 0.4) is 0 Å². The van der Waals surface area contributed by atoms with Crippen LogP contribution in [-0.2, 0) is 4.74 Å². The number of hydrogen-bond donors (Lipinski definition) is 1. The van der Waals surface area contributed by atoms with Crippen LogP contribution in [0, 0.1) is 11.8 Å². The van der Waals surface area contributed by atoms with Gasteiger partial charge in [-0.3, -0.25) is 0 Å². The molecule has 1 N–H and O–H groups in total. The molecule has 0 amide bonds. The summed E-state index contributed by atoms with van der Waals surface area (Å²) in [6, 6.07) is 0. The van der Waals surface area contributed by atoms with Crippen LogP contribution in [0.2, 0.25) is 0 Å². The molecule has 1 heterocycles. The topological polar surface area (TPSA) is 29.5 Å². The molecular weight excluding hydrogens is 152 g/mol. The Morgan fingerprint density at radius 2 is 2.25 bits per heavy atom. The van der Waals surface area contributed by atoms with Gasteiger partial charge < -0.3 is 9.84 Å². The van der Waals surface area contributed by atoms with Gasteiger partial charge in [-0.1, -0.05) is 6.92 Å². The first-order chi connectivity index (χ1) is 5.70. The second-order valence-corrected chi connectivity index (χ2v) is 4.06. The van der Waals surface area contributed by atoms with Crippen molar-refractivity contribution in [2.24, 2.45) is 11.8 Å². The third-order valence-electron chi connectivity index (χ3n) is 3.26. The third-order valence-corrected chi connectivity index (χ3v) is 3.26. The average molecular weight is 168 g/mol. The van der Waals surface area contributed by atoms with Crippen molar-refractivity contribution in [3.05, 3.63) is 11.1 Å². The van der Waals surface area contributed by atoms with E-state index in [1.165, 1.54) is 5.57 Å². The second kappa shape index (κ2) is 2.86. The van der Waals surface area contributed by atoms with Crippen LogP contribution >= 0.6 is 0 Å². The summed E-state index contributed by atoms with van der Waals surface area (Å²) in [4.78, 5) is 0. The van der Waals surface area contributed by atoms with E-state index in [2.05, 4.69) is 6.92 Å². The Kier molecular flexibility index (Phi) is 1.97. The van der Waals surface area contributed by atoms with E-state index in [0.717, 1.165) is 25.2 Å². The summed E-state index contributed by atoms with van der Waals surface area (Å²) in [5.41, 5.74) is 2.52. The maximum atomic E-state index is 9.63. The first-order valence-electron chi connectivity index (χ1n) is 4.65. The lowest BCUT2D eigenvalue weighted by molar-refractivity contribution is 0.0615. The predicted molar refractivity (Wildman–Crippen MR) is 46.8 cm³/mol. The van der Waals surface area contributed by atoms with Crippen molar-refractivity contribution in [2.75, 3.05) is 13.2 Å². The minimum atomic E-state index is -0.200. The van der Waals surface area contributed by atoms with Crippen LogP contribution in [0.1, 0.15) is 20.3 Å². The zero-order valence-corrected chi connectivity index (χ0v) is 7.71. The van der Waals surface area contributed by atoms with Gasteiger partial charge in [0.15, 0.2) is 0 Å². The lowest BCUT2D eigenvalue weighted by Gasteiger charge is -2.28. The fourth-order valence-electron chi connectivity index (χ4n) is 2.33. The van der Waals surface area contributed by atoms with E-state index in [9.17, 15) is 5.11 Å². The van der Waals surface area contributed by atoms with Crippen molar-refractivity contribution in [1.82, 2.24) is 0 Å². The summed E-state index contributed by atoms with van der Waals surface area (Å²) in [6.07, 6.45) is 0.722. The van der Waals surface area contributed by atoms with Gasteiger partial charge in [-0.2, -0.15) is 0 Å². The first-order valence-corrected chi connectivity index (χ1v) is 4.65. The van der Waals surface area contributed by atoms with Gasteiger partial charge in [0.2, 0.25) is 0 Å². The molecule has 0 aromatic heterocycles. The molecule has 0 bridgehead atoms. The van der Waals surface area contributed by atoms with Crippen molar-refractivity contribution in [3.63, 3.8) is 0 Å². The van der Waals surface area contributed by atoms with Gasteiger partial charge in [-0.25, -0.2) is 0 Å². The minimum Gasteiger partial charge on any atom is -0.389 e. The number of aliphatic hydroxyl groups excluding tert-OH is 1. The maximum absolute atomic E-state index is 9.63. The molecule has 3 atom stereocenters.